The van der Waals surface area contributed by atoms with E-state index in [1.165, 1.54) is 23.0 Å². The van der Waals surface area contributed by atoms with E-state index in [1.54, 1.807) is 0 Å². The third-order valence-electron chi connectivity index (χ3n) is 3.63. The second-order valence-electron chi connectivity index (χ2n) is 5.40. The summed E-state index contributed by atoms with van der Waals surface area (Å²) in [4.78, 5) is 11.9. The molecule has 134 valence electrons. The smallest absolute Gasteiger partial charge is 0.283 e. The number of hydrogen-bond donors (Lipinski definition) is 0. The number of benzene rings is 2. The third kappa shape index (κ3) is 3.37. The van der Waals surface area contributed by atoms with Crippen molar-refractivity contribution in [1.29, 1.82) is 0 Å². The molecule has 0 saturated carbocycles. The molecule has 4 rings (SSSR count). The number of aromatic nitrogens is 6. The van der Waals surface area contributed by atoms with Gasteiger partial charge in [-0.25, -0.2) is 0 Å². The largest absolute Gasteiger partial charge is 0.418 e. The summed E-state index contributed by atoms with van der Waals surface area (Å²) in [6.45, 7) is 0.0606. The fourth-order valence-corrected chi connectivity index (χ4v) is 2.68. The lowest BCUT2D eigenvalue weighted by atomic mass is 10.2. The predicted octanol–water partition coefficient (Wildman–Crippen LogP) is 3.00. The van der Waals surface area contributed by atoms with E-state index in [4.69, 9.17) is 16.0 Å². The average Bonchev–Trinajstić information content (AvgIpc) is 3.32. The molecule has 0 aliphatic carbocycles. The Morgan fingerprint density at radius 1 is 1.07 bits per heavy atom. The van der Waals surface area contributed by atoms with Gasteiger partial charge in [-0.1, -0.05) is 48.0 Å². The fourth-order valence-electron chi connectivity index (χ4n) is 2.43. The van der Waals surface area contributed by atoms with Crippen LogP contribution in [0.3, 0.4) is 0 Å². The van der Waals surface area contributed by atoms with E-state index in [0.29, 0.717) is 5.82 Å². The van der Waals surface area contributed by atoms with E-state index < -0.39 is 4.92 Å². The summed E-state index contributed by atoms with van der Waals surface area (Å²) in [6, 6.07) is 13.7. The zero-order valence-corrected chi connectivity index (χ0v) is 14.3. The lowest BCUT2D eigenvalue weighted by Gasteiger charge is -2.00. The molecule has 0 unspecified atom stereocenters. The highest BCUT2D eigenvalue weighted by Gasteiger charge is 2.23. The van der Waals surface area contributed by atoms with Gasteiger partial charge in [-0.3, -0.25) is 10.1 Å². The van der Waals surface area contributed by atoms with Gasteiger partial charge in [0.25, 0.3) is 11.6 Å². The maximum atomic E-state index is 11.2. The van der Waals surface area contributed by atoms with Crippen LogP contribution in [0.25, 0.3) is 22.8 Å². The van der Waals surface area contributed by atoms with Gasteiger partial charge in [0.15, 0.2) is 0 Å². The molecule has 4 aromatic rings. The molecule has 0 saturated heterocycles. The van der Waals surface area contributed by atoms with E-state index in [0.717, 1.165) is 5.56 Å². The minimum absolute atomic E-state index is 0.0503. The van der Waals surface area contributed by atoms with E-state index in [-0.39, 0.29) is 34.6 Å². The van der Waals surface area contributed by atoms with Gasteiger partial charge in [0, 0.05) is 11.6 Å². The van der Waals surface area contributed by atoms with Crippen LogP contribution in [0.1, 0.15) is 5.89 Å². The van der Waals surface area contributed by atoms with Crippen molar-refractivity contribution in [2.24, 2.45) is 0 Å². The molecule has 2 aromatic heterocycles. The molecule has 2 heterocycles. The Kier molecular flexibility index (Phi) is 4.30. The summed E-state index contributed by atoms with van der Waals surface area (Å²) < 4.78 is 5.52. The molecule has 0 bridgehead atoms. The van der Waals surface area contributed by atoms with Crippen molar-refractivity contribution in [2.45, 2.75) is 6.54 Å². The molecule has 0 fully saturated rings. The quantitative estimate of drug-likeness (QED) is 0.380. The molecule has 0 spiro atoms. The maximum absolute atomic E-state index is 11.2. The van der Waals surface area contributed by atoms with Gasteiger partial charge in [-0.05, 0) is 11.3 Å². The number of nitro groups is 1. The summed E-state index contributed by atoms with van der Waals surface area (Å²) >= 11 is 6.08. The second kappa shape index (κ2) is 6.92. The first-order chi connectivity index (χ1) is 13.1. The molecule has 0 N–H and O–H groups in total. The van der Waals surface area contributed by atoms with Crippen LogP contribution in [0.2, 0.25) is 5.02 Å². The van der Waals surface area contributed by atoms with E-state index >= 15 is 0 Å². The number of nitrogens with zero attached hydrogens (tertiary/aromatic N) is 7. The highest BCUT2D eigenvalue weighted by molar-refractivity contribution is 6.33. The number of halogens is 1. The first-order valence-corrected chi connectivity index (χ1v) is 8.08. The Hall–Kier alpha value is -3.66. The van der Waals surface area contributed by atoms with Crippen molar-refractivity contribution in [3.63, 3.8) is 0 Å². The van der Waals surface area contributed by atoms with E-state index in [9.17, 15) is 10.1 Å². The maximum Gasteiger partial charge on any atom is 0.283 e. The van der Waals surface area contributed by atoms with Crippen molar-refractivity contribution >= 4 is 17.3 Å². The monoisotopic (exact) mass is 383 g/mol. The molecule has 10 nitrogen and oxygen atoms in total. The summed E-state index contributed by atoms with van der Waals surface area (Å²) in [5.41, 5.74) is 0.670. The SMILES string of the molecule is O=[N+]([O-])c1cccc(Cl)c1-c1nnc(Cn2nnc(-c3ccccc3)n2)o1. The Morgan fingerprint density at radius 3 is 2.67 bits per heavy atom. The van der Waals surface area contributed by atoms with Gasteiger partial charge >= 0.3 is 0 Å². The number of hydrogen-bond acceptors (Lipinski definition) is 8. The Bertz CT molecular complexity index is 1110. The lowest BCUT2D eigenvalue weighted by Crippen LogP contribution is -2.04. The molecule has 0 atom stereocenters. The predicted molar refractivity (Wildman–Crippen MR) is 93.8 cm³/mol. The summed E-state index contributed by atoms with van der Waals surface area (Å²) in [6.07, 6.45) is 0. The Morgan fingerprint density at radius 2 is 1.89 bits per heavy atom. The van der Waals surface area contributed by atoms with Crippen molar-refractivity contribution in [3.05, 3.63) is 69.6 Å². The van der Waals surface area contributed by atoms with Gasteiger partial charge in [0.05, 0.1) is 9.95 Å². The Balaban J connectivity index is 1.60. The minimum Gasteiger partial charge on any atom is -0.418 e. The number of nitro benzene ring substituents is 1. The molecule has 0 aliphatic heterocycles. The van der Waals surface area contributed by atoms with Gasteiger partial charge in [-0.15, -0.1) is 20.4 Å². The van der Waals surface area contributed by atoms with Crippen LogP contribution in [0.15, 0.2) is 52.9 Å². The van der Waals surface area contributed by atoms with Crippen LogP contribution >= 0.6 is 11.6 Å². The topological polar surface area (TPSA) is 126 Å². The van der Waals surface area contributed by atoms with Gasteiger partial charge in [0.2, 0.25) is 11.7 Å². The summed E-state index contributed by atoms with van der Waals surface area (Å²) in [5, 5.41) is 31.3. The third-order valence-corrected chi connectivity index (χ3v) is 3.95. The highest BCUT2D eigenvalue weighted by Crippen LogP contribution is 2.35. The molecule has 0 radical (unpaired) electrons. The molecule has 11 heteroatoms. The molecule has 27 heavy (non-hydrogen) atoms. The van der Waals surface area contributed by atoms with Gasteiger partial charge in [0.1, 0.15) is 12.1 Å². The van der Waals surface area contributed by atoms with Crippen LogP contribution in [0, 0.1) is 10.1 Å². The van der Waals surface area contributed by atoms with E-state index in [2.05, 4.69) is 25.6 Å². The van der Waals surface area contributed by atoms with Crippen molar-refractivity contribution in [2.75, 3.05) is 0 Å². The highest BCUT2D eigenvalue weighted by atomic mass is 35.5. The molecule has 2 aromatic carbocycles. The zero-order chi connectivity index (χ0) is 18.8. The second-order valence-corrected chi connectivity index (χ2v) is 5.81. The average molecular weight is 384 g/mol. The van der Waals surface area contributed by atoms with Crippen LogP contribution in [-0.4, -0.2) is 35.3 Å². The van der Waals surface area contributed by atoms with Crippen molar-refractivity contribution in [3.8, 4) is 22.8 Å². The first kappa shape index (κ1) is 16.8. The molecular formula is C16H10ClN7O3. The molecular weight excluding hydrogens is 374 g/mol. The van der Waals surface area contributed by atoms with Gasteiger partial charge in [-0.2, -0.15) is 4.80 Å². The van der Waals surface area contributed by atoms with Crippen LogP contribution < -0.4 is 0 Å². The van der Waals surface area contributed by atoms with Gasteiger partial charge < -0.3 is 4.42 Å². The standard InChI is InChI=1S/C16H10ClN7O3/c17-11-7-4-8-12(24(25)26)14(11)16-20-18-13(27-16)9-23-21-15(19-22-23)10-5-2-1-3-6-10/h1-8H,9H2. The van der Waals surface area contributed by atoms with Crippen LogP contribution in [0.4, 0.5) is 5.69 Å². The summed E-state index contributed by atoms with van der Waals surface area (Å²) in [7, 11) is 0. The van der Waals surface area contributed by atoms with Crippen molar-refractivity contribution < 1.29 is 9.34 Å². The normalized spacial score (nSPS) is 10.9. The fraction of sp³-hybridized carbons (Fsp3) is 0.0625. The molecule has 0 aliphatic rings. The van der Waals surface area contributed by atoms with E-state index in [1.807, 2.05) is 30.3 Å². The molecule has 0 amide bonds. The number of tetrazole rings is 1. The Labute approximate surface area is 156 Å². The van der Waals surface area contributed by atoms with Crippen molar-refractivity contribution in [1.82, 2.24) is 30.4 Å². The van der Waals surface area contributed by atoms with Crippen LogP contribution in [0.5, 0.6) is 0 Å². The summed E-state index contributed by atoms with van der Waals surface area (Å²) in [5.74, 6) is 0.569. The van der Waals surface area contributed by atoms with Crippen LogP contribution in [-0.2, 0) is 6.54 Å². The minimum atomic E-state index is -0.559. The zero-order valence-electron chi connectivity index (χ0n) is 13.6. The lowest BCUT2D eigenvalue weighted by molar-refractivity contribution is -0.384. The first-order valence-electron chi connectivity index (χ1n) is 7.70. The number of rotatable bonds is 5.